The maximum atomic E-state index is 12.8. The molecule has 0 aliphatic heterocycles. The van der Waals surface area contributed by atoms with Crippen LogP contribution in [0, 0.1) is 5.82 Å². The Morgan fingerprint density at radius 1 is 0.950 bits per heavy atom. The summed E-state index contributed by atoms with van der Waals surface area (Å²) in [6.45, 7) is 5.19. The smallest absolute Gasteiger partial charge is 0.123 e. The lowest BCUT2D eigenvalue weighted by Crippen LogP contribution is -2.21. The molecule has 0 aliphatic rings. The molecular formula is C17H20FNS. The molecule has 0 amide bonds. The lowest BCUT2D eigenvalue weighted by Gasteiger charge is -2.08. The molecule has 106 valence electrons. The molecule has 0 saturated carbocycles. The van der Waals surface area contributed by atoms with E-state index in [4.69, 9.17) is 0 Å². The van der Waals surface area contributed by atoms with Gasteiger partial charge in [0.2, 0.25) is 0 Å². The van der Waals surface area contributed by atoms with Gasteiger partial charge in [-0.1, -0.05) is 38.1 Å². The maximum absolute atomic E-state index is 12.8. The third-order valence-electron chi connectivity index (χ3n) is 2.96. The Morgan fingerprint density at radius 2 is 1.55 bits per heavy atom. The molecule has 0 aromatic heterocycles. The highest BCUT2D eigenvalue weighted by molar-refractivity contribution is 7.98. The summed E-state index contributed by atoms with van der Waals surface area (Å²) in [5.41, 5.74) is 2.44. The van der Waals surface area contributed by atoms with Gasteiger partial charge >= 0.3 is 0 Å². The second kappa shape index (κ2) is 7.46. The molecule has 0 atom stereocenters. The van der Waals surface area contributed by atoms with Crippen LogP contribution in [0.4, 0.5) is 4.39 Å². The molecule has 0 radical (unpaired) electrons. The lowest BCUT2D eigenvalue weighted by atomic mass is 10.2. The van der Waals surface area contributed by atoms with Crippen LogP contribution in [0.2, 0.25) is 0 Å². The van der Waals surface area contributed by atoms with E-state index in [1.54, 1.807) is 11.8 Å². The molecule has 20 heavy (non-hydrogen) atoms. The lowest BCUT2D eigenvalue weighted by molar-refractivity contribution is 0.588. The van der Waals surface area contributed by atoms with Gasteiger partial charge in [0.1, 0.15) is 5.82 Å². The van der Waals surface area contributed by atoms with Gasteiger partial charge in [0.25, 0.3) is 0 Å². The zero-order valence-electron chi connectivity index (χ0n) is 11.9. The molecule has 2 aromatic rings. The van der Waals surface area contributed by atoms with Crippen molar-refractivity contribution in [2.45, 2.75) is 37.1 Å². The molecule has 0 fully saturated rings. The molecular weight excluding hydrogens is 269 g/mol. The topological polar surface area (TPSA) is 12.0 Å². The fourth-order valence-electron chi connectivity index (χ4n) is 1.77. The normalized spacial score (nSPS) is 11.0. The number of rotatable bonds is 6. The van der Waals surface area contributed by atoms with E-state index in [2.05, 4.69) is 43.4 Å². The van der Waals surface area contributed by atoms with Gasteiger partial charge in [-0.25, -0.2) is 4.39 Å². The Morgan fingerprint density at radius 3 is 2.15 bits per heavy atom. The third-order valence-corrected chi connectivity index (χ3v) is 4.04. The van der Waals surface area contributed by atoms with Gasteiger partial charge in [-0.15, -0.1) is 11.8 Å². The summed E-state index contributed by atoms with van der Waals surface area (Å²) >= 11 is 1.77. The van der Waals surface area contributed by atoms with Crippen LogP contribution in [0.3, 0.4) is 0 Å². The van der Waals surface area contributed by atoms with Crippen LogP contribution in [0.15, 0.2) is 53.4 Å². The first-order chi connectivity index (χ1) is 9.63. The van der Waals surface area contributed by atoms with Crippen molar-refractivity contribution < 1.29 is 4.39 Å². The Kier molecular flexibility index (Phi) is 5.62. The van der Waals surface area contributed by atoms with Gasteiger partial charge < -0.3 is 5.32 Å². The van der Waals surface area contributed by atoms with Crippen LogP contribution in [-0.2, 0) is 12.3 Å². The fourth-order valence-corrected chi connectivity index (χ4v) is 2.63. The summed E-state index contributed by atoms with van der Waals surface area (Å²) in [5, 5.41) is 3.40. The van der Waals surface area contributed by atoms with Crippen molar-refractivity contribution in [3.8, 4) is 0 Å². The van der Waals surface area contributed by atoms with Gasteiger partial charge in [0.15, 0.2) is 0 Å². The quantitative estimate of drug-likeness (QED) is 0.779. The number of benzene rings is 2. The summed E-state index contributed by atoms with van der Waals surface area (Å²) < 4.78 is 12.8. The van der Waals surface area contributed by atoms with Crippen LogP contribution in [-0.4, -0.2) is 6.04 Å². The number of hydrogen-bond acceptors (Lipinski definition) is 2. The van der Waals surface area contributed by atoms with E-state index in [0.717, 1.165) is 17.9 Å². The number of halogens is 1. The standard InChI is InChI=1S/C17H20FNS/c1-13(2)19-11-14-5-9-17(10-6-14)20-12-15-3-7-16(18)8-4-15/h3-10,13,19H,11-12H2,1-2H3. The second-order valence-electron chi connectivity index (χ2n) is 5.09. The minimum atomic E-state index is -0.180. The van der Waals surface area contributed by atoms with Gasteiger partial charge in [0.05, 0.1) is 0 Å². The van der Waals surface area contributed by atoms with Crippen molar-refractivity contribution >= 4 is 11.8 Å². The van der Waals surface area contributed by atoms with Crippen LogP contribution in [0.25, 0.3) is 0 Å². The van der Waals surface area contributed by atoms with Crippen molar-refractivity contribution in [1.82, 2.24) is 5.32 Å². The van der Waals surface area contributed by atoms with Gasteiger partial charge in [-0.2, -0.15) is 0 Å². The van der Waals surface area contributed by atoms with E-state index in [-0.39, 0.29) is 5.82 Å². The van der Waals surface area contributed by atoms with Gasteiger partial charge in [-0.3, -0.25) is 0 Å². The molecule has 0 aliphatic carbocycles. The fraction of sp³-hybridized carbons (Fsp3) is 0.294. The molecule has 2 rings (SSSR count). The average molecular weight is 289 g/mol. The first-order valence-electron chi connectivity index (χ1n) is 6.83. The van der Waals surface area contributed by atoms with Crippen molar-refractivity contribution in [3.05, 3.63) is 65.5 Å². The summed E-state index contributed by atoms with van der Waals surface area (Å²) in [6.07, 6.45) is 0. The molecule has 0 unspecified atom stereocenters. The van der Waals surface area contributed by atoms with E-state index in [1.807, 2.05) is 12.1 Å². The Labute approximate surface area is 124 Å². The van der Waals surface area contributed by atoms with E-state index < -0.39 is 0 Å². The predicted octanol–water partition coefficient (Wildman–Crippen LogP) is 4.62. The molecule has 0 spiro atoms. The zero-order chi connectivity index (χ0) is 14.4. The Bertz CT molecular complexity index is 520. The van der Waals surface area contributed by atoms with E-state index in [1.165, 1.54) is 22.6 Å². The van der Waals surface area contributed by atoms with Gasteiger partial charge in [0, 0.05) is 23.2 Å². The van der Waals surface area contributed by atoms with Crippen molar-refractivity contribution in [2.75, 3.05) is 0 Å². The van der Waals surface area contributed by atoms with Crippen LogP contribution < -0.4 is 5.32 Å². The second-order valence-corrected chi connectivity index (χ2v) is 6.14. The monoisotopic (exact) mass is 289 g/mol. The Balaban J connectivity index is 1.85. The minimum absolute atomic E-state index is 0.180. The van der Waals surface area contributed by atoms with Crippen molar-refractivity contribution in [2.24, 2.45) is 0 Å². The largest absolute Gasteiger partial charge is 0.310 e. The van der Waals surface area contributed by atoms with Crippen molar-refractivity contribution in [1.29, 1.82) is 0 Å². The first-order valence-corrected chi connectivity index (χ1v) is 7.81. The highest BCUT2D eigenvalue weighted by Crippen LogP contribution is 2.23. The minimum Gasteiger partial charge on any atom is -0.310 e. The number of hydrogen-bond donors (Lipinski definition) is 1. The molecule has 0 saturated heterocycles. The molecule has 1 nitrogen and oxygen atoms in total. The van der Waals surface area contributed by atoms with Crippen LogP contribution >= 0.6 is 11.8 Å². The van der Waals surface area contributed by atoms with Gasteiger partial charge in [-0.05, 0) is 35.4 Å². The molecule has 1 N–H and O–H groups in total. The SMILES string of the molecule is CC(C)NCc1ccc(SCc2ccc(F)cc2)cc1. The molecule has 0 heterocycles. The van der Waals surface area contributed by atoms with E-state index >= 15 is 0 Å². The average Bonchev–Trinajstić information content (AvgIpc) is 2.45. The molecule has 3 heteroatoms. The molecule has 0 bridgehead atoms. The van der Waals surface area contributed by atoms with Crippen molar-refractivity contribution in [3.63, 3.8) is 0 Å². The molecule has 2 aromatic carbocycles. The van der Waals surface area contributed by atoms with Crippen LogP contribution in [0.1, 0.15) is 25.0 Å². The Hall–Kier alpha value is -1.32. The summed E-state index contributed by atoms with van der Waals surface area (Å²) in [6, 6.07) is 15.8. The maximum Gasteiger partial charge on any atom is 0.123 e. The zero-order valence-corrected chi connectivity index (χ0v) is 12.7. The summed E-state index contributed by atoms with van der Waals surface area (Å²) in [5.74, 6) is 0.685. The van der Waals surface area contributed by atoms with Crippen LogP contribution in [0.5, 0.6) is 0 Å². The highest BCUT2D eigenvalue weighted by Gasteiger charge is 1.99. The summed E-state index contributed by atoms with van der Waals surface area (Å²) in [4.78, 5) is 1.24. The third kappa shape index (κ3) is 4.99. The van der Waals surface area contributed by atoms with E-state index in [0.29, 0.717) is 6.04 Å². The van der Waals surface area contributed by atoms with E-state index in [9.17, 15) is 4.39 Å². The first kappa shape index (κ1) is 15.1. The summed E-state index contributed by atoms with van der Waals surface area (Å²) in [7, 11) is 0. The predicted molar refractivity (Wildman–Crippen MR) is 84.4 cm³/mol. The highest BCUT2D eigenvalue weighted by atomic mass is 32.2. The number of thioether (sulfide) groups is 1. The number of nitrogens with one attached hydrogen (secondary N) is 1.